The van der Waals surface area contributed by atoms with Gasteiger partial charge in [-0.1, -0.05) is 44.9 Å². The van der Waals surface area contributed by atoms with Gasteiger partial charge in [0.25, 0.3) is 0 Å². The van der Waals surface area contributed by atoms with Gasteiger partial charge in [-0.3, -0.25) is 5.04 Å². The third-order valence-corrected chi connectivity index (χ3v) is 4.42. The van der Waals surface area contributed by atoms with Gasteiger partial charge in [0.2, 0.25) is 0 Å². The molecule has 1 aromatic carbocycles. The van der Waals surface area contributed by atoms with E-state index >= 15 is 0 Å². The number of hydrogen-bond donors (Lipinski definition) is 2. The predicted molar refractivity (Wildman–Crippen MR) is 89.7 cm³/mol. The fourth-order valence-corrected chi connectivity index (χ4v) is 2.97. The number of aromatic hydroxyl groups is 2. The summed E-state index contributed by atoms with van der Waals surface area (Å²) in [7, 11) is 0. The molecule has 1 rings (SSSR count). The van der Waals surface area contributed by atoms with Crippen molar-refractivity contribution in [3.05, 3.63) is 23.8 Å². The van der Waals surface area contributed by atoms with Gasteiger partial charge >= 0.3 is 29.6 Å². The van der Waals surface area contributed by atoms with Crippen LogP contribution in [0.1, 0.15) is 63.4 Å². The van der Waals surface area contributed by atoms with Crippen LogP contribution in [0.15, 0.2) is 18.2 Å². The van der Waals surface area contributed by atoms with Crippen molar-refractivity contribution in [3.63, 3.8) is 0 Å². The molecule has 5 nitrogen and oxygen atoms in total. The predicted octanol–water partition coefficient (Wildman–Crippen LogP) is 1.03. The Hall–Kier alpha value is 0.0500. The average Bonchev–Trinajstić information content (AvgIpc) is 2.55. The molecule has 0 saturated heterocycles. The minimum absolute atomic E-state index is 0. The van der Waals surface area contributed by atoms with Crippen molar-refractivity contribution in [2.45, 2.75) is 64.2 Å². The third kappa shape index (κ3) is 12.4. The van der Waals surface area contributed by atoms with Gasteiger partial charge in [-0.25, -0.2) is 0 Å². The molecular formula is C17H27NaO5S. The molecule has 0 spiro atoms. The Morgan fingerprint density at radius 3 is 2.08 bits per heavy atom. The quantitative estimate of drug-likeness (QED) is 0.128. The maximum absolute atomic E-state index is 9.68. The fourth-order valence-electron chi connectivity index (χ4n) is 2.54. The number of phenolic OH excluding ortho intramolecular Hbond substituents is 2. The zero-order valence-electron chi connectivity index (χ0n) is 14.5. The molecule has 0 fully saturated rings. The second kappa shape index (κ2) is 16.5. The molecule has 0 radical (unpaired) electrons. The molecule has 0 bridgehead atoms. The Kier molecular flexibility index (Phi) is 16.5. The van der Waals surface area contributed by atoms with E-state index in [0.29, 0.717) is 0 Å². The Bertz CT molecular complexity index is 420. The first-order chi connectivity index (χ1) is 11.2. The molecule has 0 aromatic heterocycles. The van der Waals surface area contributed by atoms with E-state index in [1.54, 1.807) is 12.1 Å². The second-order valence-corrected chi connectivity index (χ2v) is 6.48. The second-order valence-electron chi connectivity index (χ2n) is 5.70. The zero-order valence-corrected chi connectivity index (χ0v) is 17.4. The maximum Gasteiger partial charge on any atom is 1.00 e. The first-order valence-electron chi connectivity index (χ1n) is 8.33. The van der Waals surface area contributed by atoms with Crippen LogP contribution in [0, 0.1) is 0 Å². The normalized spacial score (nSPS) is 10.5. The topological polar surface area (TPSA) is 82.0 Å². The monoisotopic (exact) mass is 366 g/mol. The number of aryl methyl sites for hydroxylation is 1. The van der Waals surface area contributed by atoms with Crippen molar-refractivity contribution in [1.82, 2.24) is 0 Å². The van der Waals surface area contributed by atoms with E-state index in [2.05, 4.69) is 9.37 Å². The molecule has 0 aliphatic heterocycles. The molecule has 0 saturated carbocycles. The van der Waals surface area contributed by atoms with E-state index in [4.69, 9.17) is 0 Å². The van der Waals surface area contributed by atoms with Crippen LogP contribution >= 0.6 is 12.0 Å². The first kappa shape index (κ1) is 24.1. The van der Waals surface area contributed by atoms with Crippen molar-refractivity contribution in [3.8, 4) is 11.5 Å². The van der Waals surface area contributed by atoms with Crippen LogP contribution in [0.5, 0.6) is 11.5 Å². The van der Waals surface area contributed by atoms with Crippen LogP contribution in [0.4, 0.5) is 0 Å². The smallest absolute Gasteiger partial charge is 0.691 e. The van der Waals surface area contributed by atoms with Gasteiger partial charge in [-0.15, -0.1) is 0 Å². The largest absolute Gasteiger partial charge is 1.00 e. The van der Waals surface area contributed by atoms with Crippen molar-refractivity contribution in [2.24, 2.45) is 0 Å². The number of hydrogen-bond acceptors (Lipinski definition) is 6. The maximum atomic E-state index is 9.68. The van der Waals surface area contributed by atoms with Crippen molar-refractivity contribution in [2.75, 3.05) is 5.75 Å². The molecule has 132 valence electrons. The van der Waals surface area contributed by atoms with Gasteiger partial charge in [0.1, 0.15) is 11.5 Å². The van der Waals surface area contributed by atoms with Gasteiger partial charge in [0, 0.05) is 17.8 Å². The molecule has 0 aliphatic rings. The van der Waals surface area contributed by atoms with Gasteiger partial charge in [0.05, 0.1) is 0 Å². The number of benzene rings is 1. The summed E-state index contributed by atoms with van der Waals surface area (Å²) in [6.07, 6.45) is 11.4. The molecular weight excluding hydrogens is 339 g/mol. The Balaban J connectivity index is 0.00000529. The summed E-state index contributed by atoms with van der Waals surface area (Å²) in [5.41, 5.74) is 0.828. The summed E-state index contributed by atoms with van der Waals surface area (Å²) in [6.45, 7) is 0. The summed E-state index contributed by atoms with van der Waals surface area (Å²) < 4.78 is 4.19. The minimum Gasteiger partial charge on any atom is -0.691 e. The Morgan fingerprint density at radius 1 is 0.875 bits per heavy atom. The Labute approximate surface area is 171 Å². The van der Waals surface area contributed by atoms with E-state index in [-0.39, 0.29) is 41.1 Å². The van der Waals surface area contributed by atoms with Gasteiger partial charge in [-0.05, 0) is 43.0 Å². The van der Waals surface area contributed by atoms with Gasteiger partial charge < -0.3 is 15.5 Å². The fraction of sp³-hybridized carbons (Fsp3) is 0.647. The van der Waals surface area contributed by atoms with E-state index in [9.17, 15) is 15.5 Å². The minimum atomic E-state index is 0. The molecule has 1 aromatic rings. The first-order valence-corrected chi connectivity index (χ1v) is 9.24. The van der Waals surface area contributed by atoms with Crippen molar-refractivity contribution in [1.29, 1.82) is 0 Å². The molecule has 0 heterocycles. The molecule has 0 unspecified atom stereocenters. The van der Waals surface area contributed by atoms with Crippen LogP contribution in [0.2, 0.25) is 0 Å². The Morgan fingerprint density at radius 2 is 1.46 bits per heavy atom. The molecule has 0 aliphatic carbocycles. The van der Waals surface area contributed by atoms with Crippen LogP contribution in [-0.4, -0.2) is 16.0 Å². The summed E-state index contributed by atoms with van der Waals surface area (Å²) >= 11 is 1.06. The molecule has 2 N–H and O–H groups in total. The van der Waals surface area contributed by atoms with Crippen molar-refractivity contribution < 1.29 is 54.4 Å². The van der Waals surface area contributed by atoms with Crippen LogP contribution in [-0.2, 0) is 15.8 Å². The van der Waals surface area contributed by atoms with Gasteiger partial charge in [-0.2, -0.15) is 4.33 Å². The van der Waals surface area contributed by atoms with Crippen LogP contribution < -0.4 is 34.8 Å². The SMILES string of the molecule is [Na+].[O-]OOSCCCCCCCCCCCc1cc(O)ccc1O. The summed E-state index contributed by atoms with van der Waals surface area (Å²) in [4.78, 5) is 0. The standard InChI is InChI=1S/C17H28O5S.Na/c18-16-11-12-17(19)15(14-16)10-8-6-4-2-1-3-5-7-9-13-23-22-21-20;/h11-12,14,18-20H,1-10,13H2;/q;+1/p-1. The summed E-state index contributed by atoms with van der Waals surface area (Å²) in [6, 6.07) is 4.69. The molecule has 0 atom stereocenters. The van der Waals surface area contributed by atoms with E-state index in [0.717, 1.165) is 55.5 Å². The average molecular weight is 366 g/mol. The number of rotatable bonds is 14. The van der Waals surface area contributed by atoms with Crippen LogP contribution in [0.25, 0.3) is 0 Å². The van der Waals surface area contributed by atoms with E-state index < -0.39 is 0 Å². The van der Waals surface area contributed by atoms with Crippen molar-refractivity contribution >= 4 is 12.0 Å². The third-order valence-electron chi connectivity index (χ3n) is 3.81. The number of unbranched alkanes of at least 4 members (excludes halogenated alkanes) is 8. The summed E-state index contributed by atoms with van der Waals surface area (Å²) in [5.74, 6) is 1.28. The molecule has 24 heavy (non-hydrogen) atoms. The van der Waals surface area contributed by atoms with E-state index in [1.165, 1.54) is 38.2 Å². The van der Waals surface area contributed by atoms with Crippen LogP contribution in [0.3, 0.4) is 0 Å². The van der Waals surface area contributed by atoms with E-state index in [1.807, 2.05) is 0 Å². The summed E-state index contributed by atoms with van der Waals surface area (Å²) in [5, 5.41) is 31.9. The molecule has 7 heteroatoms. The zero-order chi connectivity index (χ0) is 16.8. The van der Waals surface area contributed by atoms with Gasteiger partial charge in [0.15, 0.2) is 0 Å². The number of phenols is 2. The molecule has 0 amide bonds.